The van der Waals surface area contributed by atoms with Crippen molar-refractivity contribution in [3.05, 3.63) is 0 Å². The van der Waals surface area contributed by atoms with Gasteiger partial charge in [-0.05, 0) is 0 Å². The standard InChI is InChI=1S/10H2O3Si/c10*1-4(2)3/h10*1-2H. The van der Waals surface area contributed by atoms with Crippen molar-refractivity contribution in [2.24, 2.45) is 0 Å². The van der Waals surface area contributed by atoms with E-state index in [4.69, 9.17) is 141 Å². The SMILES string of the molecule is O=[Si](O)O.O=[Si](O)O.O=[Si](O)O.O=[Si](O)O.O=[Si](O)O.O=[Si](O)O.O=[Si](O)O.O=[Si](O)O.O=[Si](O)O.O=[Si](O)O. The summed E-state index contributed by atoms with van der Waals surface area (Å²) < 4.78 is 87.4. The van der Waals surface area contributed by atoms with E-state index in [1.165, 1.54) is 0 Å². The molecule has 0 saturated heterocycles. The molecule has 0 aromatic heterocycles. The van der Waals surface area contributed by atoms with Crippen LogP contribution in [0.15, 0.2) is 0 Å². The summed E-state index contributed by atoms with van der Waals surface area (Å²) in [7, 11) is -31.3. The summed E-state index contributed by atoms with van der Waals surface area (Å²) in [5, 5.41) is 0. The summed E-state index contributed by atoms with van der Waals surface area (Å²) in [5.41, 5.74) is 0. The van der Waals surface area contributed by atoms with Crippen molar-refractivity contribution in [3.63, 3.8) is 0 Å². The maximum absolute atomic E-state index is 8.74. The second kappa shape index (κ2) is 60.0. The van der Waals surface area contributed by atoms with Crippen LogP contribution in [0.3, 0.4) is 0 Å². The van der Waals surface area contributed by atoms with E-state index in [0.717, 1.165) is 0 Å². The van der Waals surface area contributed by atoms with Gasteiger partial charge in [-0.15, -0.1) is 0 Å². The van der Waals surface area contributed by atoms with E-state index in [0.29, 0.717) is 0 Å². The predicted molar refractivity (Wildman–Crippen MR) is 109 cm³/mol. The maximum Gasteiger partial charge on any atom is 0.761 e. The average Bonchev–Trinajstić information content (AvgIpc) is 2.47. The third-order valence-corrected chi connectivity index (χ3v) is 0. The fraction of sp³-hybridized carbons (Fsp3) is 0. The lowest BCUT2D eigenvalue weighted by molar-refractivity contribution is 0.328. The monoisotopic (exact) mass is 780 g/mol. The van der Waals surface area contributed by atoms with Crippen LogP contribution in [-0.2, 0) is 44.6 Å². The largest absolute Gasteiger partial charge is 0.761 e. The fourth-order valence-corrected chi connectivity index (χ4v) is 0. The fourth-order valence-electron chi connectivity index (χ4n) is 0. The molecule has 0 radical (unpaired) electrons. The molecule has 0 unspecified atom stereocenters. The molecular formula is H20O30Si10. The van der Waals surface area contributed by atoms with Crippen LogP contribution in [-0.4, -0.2) is 188 Å². The Bertz CT molecular complexity index is 462. The normalized spacial score (nSPS) is 6.00. The van der Waals surface area contributed by atoms with E-state index in [1.54, 1.807) is 0 Å². The van der Waals surface area contributed by atoms with Gasteiger partial charge in [0.15, 0.2) is 0 Å². The van der Waals surface area contributed by atoms with Crippen LogP contribution in [0.5, 0.6) is 0 Å². The molecule has 240 valence electrons. The summed E-state index contributed by atoms with van der Waals surface area (Å²) >= 11 is 0. The lowest BCUT2D eigenvalue weighted by atomic mass is 15.8. The molecular weight excluding hydrogens is 761 g/mol. The van der Waals surface area contributed by atoms with Crippen LogP contribution >= 0.6 is 0 Å². The van der Waals surface area contributed by atoms with E-state index >= 15 is 0 Å². The smallest absolute Gasteiger partial charge is 0.511 e. The Morgan fingerprint density at radius 3 is 0.150 bits per heavy atom. The predicted octanol–water partition coefficient (Wildman–Crippen LogP) is -16.1. The molecule has 0 fully saturated rings. The van der Waals surface area contributed by atoms with E-state index < -0.39 is 91.7 Å². The third kappa shape index (κ3) is 2560. The zero-order valence-corrected chi connectivity index (χ0v) is 28.0. The van der Waals surface area contributed by atoms with Gasteiger partial charge in [0.1, 0.15) is 0 Å². The molecule has 0 aromatic rings. The Kier molecular flexibility index (Phi) is 97.9. The van der Waals surface area contributed by atoms with Crippen LogP contribution in [0.4, 0.5) is 0 Å². The highest BCUT2D eigenvalue weighted by atomic mass is 28.3. The number of hydrogen-bond donors (Lipinski definition) is 20. The molecule has 0 aliphatic heterocycles. The van der Waals surface area contributed by atoms with Crippen LogP contribution in [0.25, 0.3) is 0 Å². The molecule has 0 aliphatic rings. The molecule has 0 bridgehead atoms. The Labute approximate surface area is 232 Å². The molecule has 30 nitrogen and oxygen atoms in total. The lowest BCUT2D eigenvalue weighted by Gasteiger charge is -1.55. The molecule has 0 aliphatic carbocycles. The van der Waals surface area contributed by atoms with Gasteiger partial charge in [-0.25, -0.2) is 0 Å². The van der Waals surface area contributed by atoms with Crippen LogP contribution in [0, 0.1) is 0 Å². The molecule has 0 spiro atoms. The highest BCUT2D eigenvalue weighted by Gasteiger charge is 1.87. The summed E-state index contributed by atoms with van der Waals surface area (Å²) in [6.07, 6.45) is 0. The van der Waals surface area contributed by atoms with Crippen molar-refractivity contribution in [1.29, 1.82) is 0 Å². The van der Waals surface area contributed by atoms with Gasteiger partial charge in [-0.3, -0.25) is 44.6 Å². The second-order valence-electron chi connectivity index (χ2n) is 2.83. The van der Waals surface area contributed by atoms with Crippen molar-refractivity contribution in [2.75, 3.05) is 0 Å². The van der Waals surface area contributed by atoms with E-state index in [9.17, 15) is 0 Å². The highest BCUT2D eigenvalue weighted by molar-refractivity contribution is 6.23. The van der Waals surface area contributed by atoms with E-state index in [1.807, 2.05) is 0 Å². The van der Waals surface area contributed by atoms with Gasteiger partial charge in [-0.1, -0.05) is 0 Å². The molecule has 20 N–H and O–H groups in total. The first-order chi connectivity index (χ1) is 17.3. The van der Waals surface area contributed by atoms with Crippen molar-refractivity contribution >= 4 is 91.7 Å². The van der Waals surface area contributed by atoms with Gasteiger partial charge in [0.25, 0.3) is 0 Å². The van der Waals surface area contributed by atoms with Crippen molar-refractivity contribution in [2.45, 2.75) is 0 Å². The van der Waals surface area contributed by atoms with Gasteiger partial charge in [-0.2, -0.15) is 0 Å². The van der Waals surface area contributed by atoms with Gasteiger partial charge < -0.3 is 95.9 Å². The Hall–Kier alpha value is -3.83. The minimum absolute atomic E-state index is 3.13. The lowest BCUT2D eigenvalue weighted by Crippen LogP contribution is -1.90. The number of rotatable bonds is 0. The molecule has 0 amide bonds. The molecule has 0 atom stereocenters. The van der Waals surface area contributed by atoms with Crippen molar-refractivity contribution in [1.82, 2.24) is 0 Å². The minimum Gasteiger partial charge on any atom is -0.511 e. The van der Waals surface area contributed by atoms with Gasteiger partial charge in [0.05, 0.1) is 0 Å². The first-order valence-electron chi connectivity index (χ1n) is 6.51. The minimum atomic E-state index is -3.13. The Morgan fingerprint density at radius 1 is 0.150 bits per heavy atom. The first-order valence-corrected chi connectivity index (χ1v) is 19.5. The third-order valence-electron chi connectivity index (χ3n) is 0. The summed E-state index contributed by atoms with van der Waals surface area (Å²) in [4.78, 5) is 143. The summed E-state index contributed by atoms with van der Waals surface area (Å²) in [5.74, 6) is 0. The van der Waals surface area contributed by atoms with Gasteiger partial charge in [0, 0.05) is 0 Å². The summed E-state index contributed by atoms with van der Waals surface area (Å²) in [6.45, 7) is 0. The van der Waals surface area contributed by atoms with E-state index in [-0.39, 0.29) is 0 Å². The van der Waals surface area contributed by atoms with Crippen molar-refractivity contribution < 1.29 is 141 Å². The first kappa shape index (κ1) is 65.3. The molecule has 40 heavy (non-hydrogen) atoms. The zero-order valence-electron chi connectivity index (χ0n) is 18.0. The van der Waals surface area contributed by atoms with Crippen molar-refractivity contribution in [3.8, 4) is 0 Å². The Balaban J connectivity index is -0.0000000312. The maximum atomic E-state index is 8.74. The second-order valence-corrected chi connectivity index (χ2v) is 8.48. The molecule has 0 aromatic carbocycles. The topological polar surface area (TPSA) is 575 Å². The van der Waals surface area contributed by atoms with Crippen LogP contribution < -0.4 is 0 Å². The highest BCUT2D eigenvalue weighted by Crippen LogP contribution is 1.30. The molecule has 0 saturated carbocycles. The Morgan fingerprint density at radius 2 is 0.150 bits per heavy atom. The van der Waals surface area contributed by atoms with Gasteiger partial charge >= 0.3 is 91.7 Å². The molecule has 40 heteroatoms. The van der Waals surface area contributed by atoms with Gasteiger partial charge in [0.2, 0.25) is 0 Å². The summed E-state index contributed by atoms with van der Waals surface area (Å²) in [6, 6.07) is 0. The van der Waals surface area contributed by atoms with Crippen LogP contribution in [0.2, 0.25) is 0 Å². The quantitative estimate of drug-likeness (QED) is 0.101. The van der Waals surface area contributed by atoms with E-state index in [2.05, 4.69) is 0 Å². The van der Waals surface area contributed by atoms with Crippen LogP contribution in [0.1, 0.15) is 0 Å². The number of hydrogen-bond acceptors (Lipinski definition) is 10. The average molecular weight is 781 g/mol. The molecule has 0 rings (SSSR count). The molecule has 0 heterocycles. The zero-order chi connectivity index (χ0) is 35.8.